The van der Waals surface area contributed by atoms with E-state index in [1.165, 1.54) is 0 Å². The standard InChI is InChI=1S/C28H28N4O2S/c1-19(2)34-21-15-13-20(14-16-21)32-27(26(30-28(32)35)22-9-6-7-17-29-22)24-11-8-18-31(24)23-10-4-5-12-25(23)33-3/h4-19,26-27H,1-3H3,(H,30,35)/t26-,27-/m1/s1. The third-order valence-electron chi connectivity index (χ3n) is 6.01. The highest BCUT2D eigenvalue weighted by molar-refractivity contribution is 7.80. The normalized spacial score (nSPS) is 17.5. The van der Waals surface area contributed by atoms with Crippen LogP contribution in [0, 0.1) is 0 Å². The molecule has 1 fully saturated rings. The van der Waals surface area contributed by atoms with Gasteiger partial charge in [-0.2, -0.15) is 0 Å². The number of aromatic nitrogens is 2. The molecule has 178 valence electrons. The molecule has 0 radical (unpaired) electrons. The number of nitrogens with one attached hydrogen (secondary N) is 1. The molecular formula is C28H28N4O2S. The van der Waals surface area contributed by atoms with Gasteiger partial charge < -0.3 is 24.3 Å². The van der Waals surface area contributed by atoms with E-state index >= 15 is 0 Å². The molecule has 1 N–H and O–H groups in total. The molecule has 2 atom stereocenters. The predicted octanol–water partition coefficient (Wildman–Crippen LogP) is 5.85. The van der Waals surface area contributed by atoms with Crippen molar-refractivity contribution in [2.24, 2.45) is 0 Å². The van der Waals surface area contributed by atoms with E-state index in [1.807, 2.05) is 68.6 Å². The minimum absolute atomic E-state index is 0.112. The van der Waals surface area contributed by atoms with Crippen molar-refractivity contribution in [2.45, 2.75) is 32.0 Å². The smallest absolute Gasteiger partial charge is 0.174 e. The Morgan fingerprint density at radius 3 is 2.43 bits per heavy atom. The largest absolute Gasteiger partial charge is 0.495 e. The molecule has 2 aromatic carbocycles. The summed E-state index contributed by atoms with van der Waals surface area (Å²) in [6.07, 6.45) is 3.99. The molecule has 0 unspecified atom stereocenters. The fraction of sp³-hybridized carbons (Fsp3) is 0.214. The van der Waals surface area contributed by atoms with Gasteiger partial charge in [0, 0.05) is 23.8 Å². The van der Waals surface area contributed by atoms with Gasteiger partial charge in [0.25, 0.3) is 0 Å². The van der Waals surface area contributed by atoms with Gasteiger partial charge >= 0.3 is 0 Å². The molecule has 0 amide bonds. The molecule has 0 saturated carbocycles. The Balaban J connectivity index is 1.62. The Morgan fingerprint density at radius 2 is 1.71 bits per heavy atom. The van der Waals surface area contributed by atoms with E-state index in [2.05, 4.69) is 56.3 Å². The maximum Gasteiger partial charge on any atom is 0.174 e. The molecule has 35 heavy (non-hydrogen) atoms. The van der Waals surface area contributed by atoms with Crippen LogP contribution in [0.3, 0.4) is 0 Å². The molecule has 2 aromatic heterocycles. The van der Waals surface area contributed by atoms with Gasteiger partial charge in [0.05, 0.1) is 30.6 Å². The van der Waals surface area contributed by atoms with Crippen LogP contribution in [0.5, 0.6) is 11.5 Å². The van der Waals surface area contributed by atoms with E-state index in [1.54, 1.807) is 7.11 Å². The molecule has 0 aliphatic carbocycles. The first-order valence-electron chi connectivity index (χ1n) is 11.6. The van der Waals surface area contributed by atoms with Crippen LogP contribution < -0.4 is 19.7 Å². The highest BCUT2D eigenvalue weighted by Crippen LogP contribution is 2.43. The number of anilines is 1. The number of methoxy groups -OCH3 is 1. The number of para-hydroxylation sites is 2. The van der Waals surface area contributed by atoms with Crippen molar-refractivity contribution in [3.05, 3.63) is 103 Å². The number of rotatable bonds is 7. The number of ether oxygens (including phenoxy) is 2. The van der Waals surface area contributed by atoms with Gasteiger partial charge in [-0.25, -0.2) is 0 Å². The Bertz CT molecular complexity index is 1300. The SMILES string of the molecule is COc1ccccc1-n1cccc1[C@@H]1[C@@H](c2ccccn2)NC(=S)N1c1ccc(OC(C)C)cc1. The minimum Gasteiger partial charge on any atom is -0.495 e. The van der Waals surface area contributed by atoms with Gasteiger partial charge in [0.15, 0.2) is 5.11 Å². The number of nitrogens with zero attached hydrogens (tertiary/aromatic N) is 3. The third-order valence-corrected chi connectivity index (χ3v) is 6.33. The molecule has 7 heteroatoms. The maximum atomic E-state index is 5.88. The summed E-state index contributed by atoms with van der Waals surface area (Å²) in [6, 6.07) is 26.0. The first kappa shape index (κ1) is 22.9. The zero-order chi connectivity index (χ0) is 24.4. The quantitative estimate of drug-likeness (QED) is 0.332. The van der Waals surface area contributed by atoms with Gasteiger partial charge in [-0.3, -0.25) is 4.98 Å². The molecule has 0 spiro atoms. The van der Waals surface area contributed by atoms with Crippen LogP contribution in [-0.2, 0) is 0 Å². The number of hydrogen-bond donors (Lipinski definition) is 1. The molecule has 1 aliphatic heterocycles. The fourth-order valence-electron chi connectivity index (χ4n) is 4.57. The second-order valence-electron chi connectivity index (χ2n) is 8.63. The Labute approximate surface area is 211 Å². The molecule has 0 bridgehead atoms. The van der Waals surface area contributed by atoms with Gasteiger partial charge in [0.2, 0.25) is 0 Å². The minimum atomic E-state index is -0.144. The average Bonchev–Trinajstić information content (AvgIpc) is 3.49. The summed E-state index contributed by atoms with van der Waals surface area (Å²) in [5.74, 6) is 1.63. The summed E-state index contributed by atoms with van der Waals surface area (Å²) < 4.78 is 13.7. The van der Waals surface area contributed by atoms with Crippen molar-refractivity contribution in [3.63, 3.8) is 0 Å². The Morgan fingerprint density at radius 1 is 0.943 bits per heavy atom. The van der Waals surface area contributed by atoms with Crippen LogP contribution in [0.25, 0.3) is 5.69 Å². The second kappa shape index (κ2) is 9.80. The van der Waals surface area contributed by atoms with Crippen molar-refractivity contribution in [1.82, 2.24) is 14.9 Å². The predicted molar refractivity (Wildman–Crippen MR) is 142 cm³/mol. The highest BCUT2D eigenvalue weighted by Gasteiger charge is 2.42. The topological polar surface area (TPSA) is 51.5 Å². The highest BCUT2D eigenvalue weighted by atomic mass is 32.1. The lowest BCUT2D eigenvalue weighted by Gasteiger charge is -2.29. The summed E-state index contributed by atoms with van der Waals surface area (Å²) in [6.45, 7) is 4.04. The van der Waals surface area contributed by atoms with E-state index in [-0.39, 0.29) is 18.2 Å². The number of pyridine rings is 1. The maximum absolute atomic E-state index is 5.88. The van der Waals surface area contributed by atoms with E-state index in [9.17, 15) is 0 Å². The summed E-state index contributed by atoms with van der Waals surface area (Å²) in [5, 5.41) is 4.18. The first-order chi connectivity index (χ1) is 17.1. The van der Waals surface area contributed by atoms with E-state index < -0.39 is 0 Å². The van der Waals surface area contributed by atoms with Crippen molar-refractivity contribution >= 4 is 23.0 Å². The molecule has 5 rings (SSSR count). The van der Waals surface area contributed by atoms with Gasteiger partial charge in [0.1, 0.15) is 17.5 Å². The van der Waals surface area contributed by atoms with Crippen LogP contribution in [-0.4, -0.2) is 27.9 Å². The molecule has 6 nitrogen and oxygen atoms in total. The Kier molecular flexibility index (Phi) is 6.42. The van der Waals surface area contributed by atoms with E-state index in [0.29, 0.717) is 5.11 Å². The van der Waals surface area contributed by atoms with Gasteiger partial charge in [-0.05, 0) is 86.7 Å². The van der Waals surface area contributed by atoms with Crippen molar-refractivity contribution < 1.29 is 9.47 Å². The van der Waals surface area contributed by atoms with Gasteiger partial charge in [-0.1, -0.05) is 18.2 Å². The average molecular weight is 485 g/mol. The van der Waals surface area contributed by atoms with E-state index in [4.69, 9.17) is 21.7 Å². The van der Waals surface area contributed by atoms with Crippen LogP contribution >= 0.6 is 12.2 Å². The molecule has 3 heterocycles. The second-order valence-corrected chi connectivity index (χ2v) is 9.02. The lowest BCUT2D eigenvalue weighted by molar-refractivity contribution is 0.242. The molecule has 1 saturated heterocycles. The molecule has 1 aliphatic rings. The third kappa shape index (κ3) is 4.47. The van der Waals surface area contributed by atoms with Crippen molar-refractivity contribution in [3.8, 4) is 17.2 Å². The van der Waals surface area contributed by atoms with Crippen molar-refractivity contribution in [2.75, 3.05) is 12.0 Å². The zero-order valence-corrected chi connectivity index (χ0v) is 20.8. The van der Waals surface area contributed by atoms with Crippen LogP contribution in [0.2, 0.25) is 0 Å². The zero-order valence-electron chi connectivity index (χ0n) is 20.0. The lowest BCUT2D eigenvalue weighted by atomic mass is 10.0. The molecular weight excluding hydrogens is 456 g/mol. The van der Waals surface area contributed by atoms with Gasteiger partial charge in [-0.15, -0.1) is 0 Å². The fourth-order valence-corrected chi connectivity index (χ4v) is 4.92. The monoisotopic (exact) mass is 484 g/mol. The number of thiocarbonyl (C=S) groups is 1. The van der Waals surface area contributed by atoms with Crippen LogP contribution in [0.1, 0.15) is 37.3 Å². The Hall–Kier alpha value is -3.84. The molecule has 4 aromatic rings. The van der Waals surface area contributed by atoms with Crippen LogP contribution in [0.4, 0.5) is 5.69 Å². The number of hydrogen-bond acceptors (Lipinski definition) is 4. The summed E-state index contributed by atoms with van der Waals surface area (Å²) in [5.41, 5.74) is 3.94. The lowest BCUT2D eigenvalue weighted by Crippen LogP contribution is -2.30. The first-order valence-corrected chi connectivity index (χ1v) is 12.1. The summed E-state index contributed by atoms with van der Waals surface area (Å²) in [7, 11) is 1.69. The van der Waals surface area contributed by atoms with E-state index in [0.717, 1.165) is 34.3 Å². The van der Waals surface area contributed by atoms with Crippen LogP contribution in [0.15, 0.2) is 91.3 Å². The summed E-state index contributed by atoms with van der Waals surface area (Å²) >= 11 is 5.88. The van der Waals surface area contributed by atoms with Crippen molar-refractivity contribution in [1.29, 1.82) is 0 Å². The number of benzene rings is 2. The summed E-state index contributed by atoms with van der Waals surface area (Å²) in [4.78, 5) is 6.83.